The number of rotatable bonds is 3. The van der Waals surface area contributed by atoms with Crippen LogP contribution in [0.5, 0.6) is 5.75 Å². The normalized spacial score (nSPS) is 9.83. The van der Waals surface area contributed by atoms with Gasteiger partial charge in [0.05, 0.1) is 9.13 Å². The summed E-state index contributed by atoms with van der Waals surface area (Å²) in [5, 5.41) is 8.74. The van der Waals surface area contributed by atoms with Crippen molar-refractivity contribution in [1.29, 1.82) is 5.26 Å². The number of benzene rings is 2. The Morgan fingerprint density at radius 3 is 2.67 bits per heavy atom. The summed E-state index contributed by atoms with van der Waals surface area (Å²) in [5.41, 5.74) is 0.424. The highest BCUT2D eigenvalue weighted by molar-refractivity contribution is 14.1. The summed E-state index contributed by atoms with van der Waals surface area (Å²) in [7, 11) is 0. The molecule has 0 amide bonds. The number of halogens is 2. The van der Waals surface area contributed by atoms with Gasteiger partial charge in [-0.25, -0.2) is 4.39 Å². The minimum Gasteiger partial charge on any atom is -0.488 e. The molecule has 2 aromatic carbocycles. The molecule has 0 bridgehead atoms. The quantitative estimate of drug-likeness (QED) is 0.785. The second-order valence-corrected chi connectivity index (χ2v) is 4.77. The largest absolute Gasteiger partial charge is 0.488 e. The van der Waals surface area contributed by atoms with Gasteiger partial charge in [-0.1, -0.05) is 24.3 Å². The number of hydrogen-bond donors (Lipinski definition) is 0. The lowest BCUT2D eigenvalue weighted by molar-refractivity contribution is 0.297. The standard InChI is InChI=1S/C14H9FINO/c15-14-10(8-17)4-3-5-11(14)9-18-13-7-2-1-6-12(13)16/h1-7H,9H2. The van der Waals surface area contributed by atoms with Gasteiger partial charge in [0.15, 0.2) is 0 Å². The Labute approximate surface area is 118 Å². The van der Waals surface area contributed by atoms with Crippen LogP contribution in [0.1, 0.15) is 11.1 Å². The first-order valence-electron chi connectivity index (χ1n) is 5.27. The molecule has 0 aliphatic carbocycles. The topological polar surface area (TPSA) is 33.0 Å². The molecule has 4 heteroatoms. The van der Waals surface area contributed by atoms with Crippen LogP contribution in [0, 0.1) is 20.7 Å². The van der Waals surface area contributed by atoms with E-state index >= 15 is 0 Å². The number of nitrogens with zero attached hydrogens (tertiary/aromatic N) is 1. The van der Waals surface area contributed by atoms with Crippen molar-refractivity contribution in [3.05, 3.63) is 63.0 Å². The van der Waals surface area contributed by atoms with E-state index in [0.717, 1.165) is 3.57 Å². The van der Waals surface area contributed by atoms with Crippen molar-refractivity contribution in [2.45, 2.75) is 6.61 Å². The fourth-order valence-electron chi connectivity index (χ4n) is 1.49. The molecule has 0 unspecified atom stereocenters. The third-order valence-electron chi connectivity index (χ3n) is 2.42. The number of para-hydroxylation sites is 1. The van der Waals surface area contributed by atoms with Crippen LogP contribution in [0.2, 0.25) is 0 Å². The smallest absolute Gasteiger partial charge is 0.147 e. The predicted octanol–water partition coefficient (Wildman–Crippen LogP) is 3.88. The maximum absolute atomic E-state index is 13.8. The molecule has 0 aliphatic heterocycles. The molecule has 0 saturated carbocycles. The first-order valence-corrected chi connectivity index (χ1v) is 6.35. The first-order chi connectivity index (χ1) is 8.72. The molecular weight excluding hydrogens is 344 g/mol. The highest BCUT2D eigenvalue weighted by Gasteiger charge is 2.08. The summed E-state index contributed by atoms with van der Waals surface area (Å²) in [4.78, 5) is 0. The van der Waals surface area contributed by atoms with Gasteiger partial charge in [-0.05, 0) is 40.8 Å². The van der Waals surface area contributed by atoms with Crippen molar-refractivity contribution < 1.29 is 9.13 Å². The molecule has 2 nitrogen and oxygen atoms in total. The van der Waals surface area contributed by atoms with Gasteiger partial charge in [-0.2, -0.15) is 5.26 Å². The molecule has 0 fully saturated rings. The van der Waals surface area contributed by atoms with Crippen LogP contribution in [0.15, 0.2) is 42.5 Å². The molecule has 2 aromatic rings. The van der Waals surface area contributed by atoms with Crippen LogP contribution in [0.25, 0.3) is 0 Å². The predicted molar refractivity (Wildman–Crippen MR) is 74.6 cm³/mol. The summed E-state index contributed by atoms with van der Waals surface area (Å²) < 4.78 is 20.3. The number of nitriles is 1. The molecular formula is C14H9FINO. The fraction of sp³-hybridized carbons (Fsp3) is 0.0714. The maximum atomic E-state index is 13.8. The lowest BCUT2D eigenvalue weighted by Crippen LogP contribution is -2.01. The van der Waals surface area contributed by atoms with E-state index in [9.17, 15) is 4.39 Å². The van der Waals surface area contributed by atoms with Gasteiger partial charge in [-0.3, -0.25) is 0 Å². The Hall–Kier alpha value is -1.61. The zero-order valence-electron chi connectivity index (χ0n) is 9.36. The summed E-state index contributed by atoms with van der Waals surface area (Å²) in [6.07, 6.45) is 0. The van der Waals surface area contributed by atoms with Gasteiger partial charge in [0, 0.05) is 5.56 Å². The van der Waals surface area contributed by atoms with Crippen LogP contribution in [-0.4, -0.2) is 0 Å². The highest BCUT2D eigenvalue weighted by Crippen LogP contribution is 2.22. The molecule has 0 radical (unpaired) electrons. The van der Waals surface area contributed by atoms with Crippen LogP contribution < -0.4 is 4.74 Å². The Bertz CT molecular complexity index is 607. The maximum Gasteiger partial charge on any atom is 0.147 e. The Balaban J connectivity index is 2.17. The zero-order valence-corrected chi connectivity index (χ0v) is 11.5. The lowest BCUT2D eigenvalue weighted by Gasteiger charge is -2.09. The molecule has 0 aromatic heterocycles. The SMILES string of the molecule is N#Cc1cccc(COc2ccccc2I)c1F. The molecule has 0 atom stereocenters. The molecule has 18 heavy (non-hydrogen) atoms. The van der Waals surface area contributed by atoms with Gasteiger partial charge in [-0.15, -0.1) is 0 Å². The molecule has 0 heterocycles. The third kappa shape index (κ3) is 2.79. The summed E-state index contributed by atoms with van der Waals surface area (Å²) >= 11 is 2.15. The van der Waals surface area contributed by atoms with E-state index < -0.39 is 5.82 Å². The van der Waals surface area contributed by atoms with Crippen molar-refractivity contribution in [2.75, 3.05) is 0 Å². The van der Waals surface area contributed by atoms with Gasteiger partial charge < -0.3 is 4.74 Å². The van der Waals surface area contributed by atoms with E-state index in [1.165, 1.54) is 6.07 Å². The summed E-state index contributed by atoms with van der Waals surface area (Å²) in [5.74, 6) is 0.200. The number of ether oxygens (including phenoxy) is 1. The minimum absolute atomic E-state index is 0.0406. The Kier molecular flexibility index (Phi) is 4.15. The van der Waals surface area contributed by atoms with E-state index in [4.69, 9.17) is 10.00 Å². The van der Waals surface area contributed by atoms with Crippen molar-refractivity contribution in [3.8, 4) is 11.8 Å². The van der Waals surface area contributed by atoms with Crippen molar-refractivity contribution >= 4 is 22.6 Å². The van der Waals surface area contributed by atoms with Gasteiger partial charge in [0.2, 0.25) is 0 Å². The highest BCUT2D eigenvalue weighted by atomic mass is 127. The molecule has 90 valence electrons. The fourth-order valence-corrected chi connectivity index (χ4v) is 2.04. The van der Waals surface area contributed by atoms with E-state index in [2.05, 4.69) is 22.6 Å². The van der Waals surface area contributed by atoms with Crippen molar-refractivity contribution in [3.63, 3.8) is 0 Å². The Morgan fingerprint density at radius 1 is 1.17 bits per heavy atom. The minimum atomic E-state index is -0.508. The average Bonchev–Trinajstić information content (AvgIpc) is 2.39. The zero-order chi connectivity index (χ0) is 13.0. The monoisotopic (exact) mass is 353 g/mol. The molecule has 0 N–H and O–H groups in total. The van der Waals surface area contributed by atoms with Gasteiger partial charge >= 0.3 is 0 Å². The molecule has 2 rings (SSSR count). The van der Waals surface area contributed by atoms with E-state index in [-0.39, 0.29) is 12.2 Å². The lowest BCUT2D eigenvalue weighted by atomic mass is 10.1. The second kappa shape index (κ2) is 5.83. The van der Waals surface area contributed by atoms with Crippen LogP contribution in [0.4, 0.5) is 4.39 Å². The van der Waals surface area contributed by atoms with E-state index in [1.54, 1.807) is 12.1 Å². The van der Waals surface area contributed by atoms with Crippen molar-refractivity contribution in [2.24, 2.45) is 0 Å². The molecule has 0 aliphatic rings. The van der Waals surface area contributed by atoms with E-state index in [1.807, 2.05) is 30.3 Å². The summed E-state index contributed by atoms with van der Waals surface area (Å²) in [6.45, 7) is 0.112. The Morgan fingerprint density at radius 2 is 1.94 bits per heavy atom. The van der Waals surface area contributed by atoms with Crippen LogP contribution in [-0.2, 0) is 6.61 Å². The first kappa shape index (κ1) is 12.8. The van der Waals surface area contributed by atoms with E-state index in [0.29, 0.717) is 11.3 Å². The molecule has 0 saturated heterocycles. The van der Waals surface area contributed by atoms with Crippen molar-refractivity contribution in [1.82, 2.24) is 0 Å². The molecule has 0 spiro atoms. The van der Waals surface area contributed by atoms with Gasteiger partial charge in [0.1, 0.15) is 24.2 Å². The third-order valence-corrected chi connectivity index (χ3v) is 3.31. The average molecular weight is 353 g/mol. The summed E-state index contributed by atoms with van der Waals surface area (Å²) in [6, 6.07) is 14.0. The number of hydrogen-bond acceptors (Lipinski definition) is 2. The second-order valence-electron chi connectivity index (χ2n) is 3.61. The van der Waals surface area contributed by atoms with Gasteiger partial charge in [0.25, 0.3) is 0 Å². The van der Waals surface area contributed by atoms with Crippen LogP contribution in [0.3, 0.4) is 0 Å². The van der Waals surface area contributed by atoms with Crippen LogP contribution >= 0.6 is 22.6 Å².